The quantitative estimate of drug-likeness (QED) is 0.766. The van der Waals surface area contributed by atoms with Gasteiger partial charge in [-0.2, -0.15) is 0 Å². The summed E-state index contributed by atoms with van der Waals surface area (Å²) in [6.07, 6.45) is 1.47. The zero-order valence-corrected chi connectivity index (χ0v) is 11.6. The van der Waals surface area contributed by atoms with E-state index in [9.17, 15) is 4.39 Å². The molecule has 106 valence electrons. The van der Waals surface area contributed by atoms with E-state index in [1.165, 1.54) is 6.07 Å². The Morgan fingerprint density at radius 2 is 1.95 bits per heavy atom. The van der Waals surface area contributed by atoms with Gasteiger partial charge in [0.2, 0.25) is 0 Å². The number of hydrogen-bond donors (Lipinski definition) is 0. The van der Waals surface area contributed by atoms with Crippen molar-refractivity contribution in [3.8, 4) is 5.75 Å². The highest BCUT2D eigenvalue weighted by Crippen LogP contribution is 2.16. The fourth-order valence-electron chi connectivity index (χ4n) is 2.50. The molecule has 2 atom stereocenters. The first-order valence-electron chi connectivity index (χ1n) is 6.90. The van der Waals surface area contributed by atoms with E-state index in [0.29, 0.717) is 12.4 Å². The summed E-state index contributed by atoms with van der Waals surface area (Å²) in [5.74, 6) is 0.0438. The number of halogens is 1. The van der Waals surface area contributed by atoms with Crippen LogP contribution in [0.5, 0.6) is 5.75 Å². The predicted molar refractivity (Wildman–Crippen MR) is 73.0 cm³/mol. The van der Waals surface area contributed by atoms with E-state index >= 15 is 0 Å². The number of ether oxygens (including phenoxy) is 2. The van der Waals surface area contributed by atoms with E-state index in [4.69, 9.17) is 9.47 Å². The molecule has 1 aromatic carbocycles. The molecule has 0 aromatic heterocycles. The lowest BCUT2D eigenvalue weighted by Gasteiger charge is -2.35. The Labute approximate surface area is 114 Å². The maximum absolute atomic E-state index is 13.3. The molecule has 0 spiro atoms. The van der Waals surface area contributed by atoms with Crippen molar-refractivity contribution < 1.29 is 13.9 Å². The van der Waals surface area contributed by atoms with Gasteiger partial charge in [0, 0.05) is 19.6 Å². The van der Waals surface area contributed by atoms with Crippen molar-refractivity contribution in [3.63, 3.8) is 0 Å². The molecule has 1 aliphatic rings. The van der Waals surface area contributed by atoms with Gasteiger partial charge in [0.05, 0.1) is 18.8 Å². The van der Waals surface area contributed by atoms with Crippen LogP contribution in [0.25, 0.3) is 0 Å². The number of benzene rings is 1. The number of morpholine rings is 1. The fourth-order valence-corrected chi connectivity index (χ4v) is 2.50. The summed E-state index contributed by atoms with van der Waals surface area (Å²) < 4.78 is 24.5. The molecular weight excluding hydrogens is 245 g/mol. The normalized spacial score (nSPS) is 24.4. The van der Waals surface area contributed by atoms with Crippen molar-refractivity contribution in [2.24, 2.45) is 0 Å². The molecule has 1 aromatic rings. The van der Waals surface area contributed by atoms with E-state index in [1.807, 2.05) is 0 Å². The topological polar surface area (TPSA) is 21.7 Å². The molecule has 0 bridgehead atoms. The lowest BCUT2D eigenvalue weighted by atomic mass is 10.2. The molecule has 0 amide bonds. The molecule has 0 radical (unpaired) electrons. The zero-order chi connectivity index (χ0) is 13.7. The highest BCUT2D eigenvalue weighted by Gasteiger charge is 2.21. The fraction of sp³-hybridized carbons (Fsp3) is 0.600. The third-order valence-corrected chi connectivity index (χ3v) is 3.21. The van der Waals surface area contributed by atoms with E-state index in [-0.39, 0.29) is 18.0 Å². The van der Waals surface area contributed by atoms with Crippen molar-refractivity contribution >= 4 is 0 Å². The molecule has 19 heavy (non-hydrogen) atoms. The van der Waals surface area contributed by atoms with Crippen molar-refractivity contribution in [2.45, 2.75) is 32.5 Å². The van der Waals surface area contributed by atoms with Gasteiger partial charge < -0.3 is 9.47 Å². The summed E-state index contributed by atoms with van der Waals surface area (Å²) >= 11 is 0. The van der Waals surface area contributed by atoms with Crippen molar-refractivity contribution in [1.29, 1.82) is 0 Å². The number of rotatable bonds is 5. The third kappa shape index (κ3) is 4.48. The Morgan fingerprint density at radius 3 is 2.63 bits per heavy atom. The number of hydrogen-bond acceptors (Lipinski definition) is 3. The second-order valence-corrected chi connectivity index (χ2v) is 5.15. The minimum absolute atomic E-state index is 0.288. The minimum Gasteiger partial charge on any atom is -0.490 e. The monoisotopic (exact) mass is 267 g/mol. The van der Waals surface area contributed by atoms with Gasteiger partial charge in [-0.1, -0.05) is 12.1 Å². The molecule has 0 saturated carbocycles. The molecule has 1 aliphatic heterocycles. The van der Waals surface area contributed by atoms with Gasteiger partial charge in [-0.05, 0) is 32.4 Å². The molecule has 0 unspecified atom stereocenters. The van der Waals surface area contributed by atoms with Crippen LogP contribution in [0, 0.1) is 5.82 Å². The smallest absolute Gasteiger partial charge is 0.165 e. The molecule has 0 N–H and O–H groups in total. The molecule has 1 heterocycles. The van der Waals surface area contributed by atoms with Gasteiger partial charge in [-0.15, -0.1) is 0 Å². The molecule has 3 nitrogen and oxygen atoms in total. The standard InChI is InChI=1S/C15H22FNO2/c1-12-10-17(11-13(2)19-12)8-5-9-18-15-7-4-3-6-14(15)16/h3-4,6-7,12-13H,5,8-11H2,1-2H3/t12-,13-/m1/s1. The van der Waals surface area contributed by atoms with Gasteiger partial charge in [0.25, 0.3) is 0 Å². The first-order valence-corrected chi connectivity index (χ1v) is 6.90. The Bertz CT molecular complexity index is 389. The average molecular weight is 267 g/mol. The maximum atomic E-state index is 13.3. The largest absolute Gasteiger partial charge is 0.490 e. The van der Waals surface area contributed by atoms with Crippen LogP contribution in [0.15, 0.2) is 24.3 Å². The van der Waals surface area contributed by atoms with Gasteiger partial charge in [-0.25, -0.2) is 4.39 Å². The SMILES string of the molecule is C[C@@H]1CN(CCCOc2ccccc2F)C[C@@H](C)O1. The summed E-state index contributed by atoms with van der Waals surface area (Å²) in [7, 11) is 0. The van der Waals surface area contributed by atoms with Crippen molar-refractivity contribution in [1.82, 2.24) is 4.90 Å². The van der Waals surface area contributed by atoms with Gasteiger partial charge in [0.1, 0.15) is 0 Å². The van der Waals surface area contributed by atoms with Crippen LogP contribution in [-0.4, -0.2) is 43.3 Å². The van der Waals surface area contributed by atoms with Crippen LogP contribution in [0.1, 0.15) is 20.3 Å². The van der Waals surface area contributed by atoms with Crippen molar-refractivity contribution in [2.75, 3.05) is 26.2 Å². The molecule has 0 aliphatic carbocycles. The Kier molecular flexibility index (Phi) is 5.16. The summed E-state index contributed by atoms with van der Waals surface area (Å²) in [5.41, 5.74) is 0. The third-order valence-electron chi connectivity index (χ3n) is 3.21. The second-order valence-electron chi connectivity index (χ2n) is 5.15. The van der Waals surface area contributed by atoms with Crippen LogP contribution in [0.3, 0.4) is 0 Å². The lowest BCUT2D eigenvalue weighted by molar-refractivity contribution is -0.0686. The Balaban J connectivity index is 1.68. The van der Waals surface area contributed by atoms with Crippen LogP contribution in [-0.2, 0) is 4.74 Å². The first kappa shape index (κ1) is 14.3. The molecule has 4 heteroatoms. The summed E-state index contributed by atoms with van der Waals surface area (Å²) in [6, 6.07) is 6.53. The Morgan fingerprint density at radius 1 is 1.26 bits per heavy atom. The highest BCUT2D eigenvalue weighted by atomic mass is 19.1. The first-order chi connectivity index (χ1) is 9.15. The zero-order valence-electron chi connectivity index (χ0n) is 11.6. The van der Waals surface area contributed by atoms with E-state index in [1.54, 1.807) is 18.2 Å². The van der Waals surface area contributed by atoms with Gasteiger partial charge in [-0.3, -0.25) is 4.90 Å². The molecule has 2 rings (SSSR count). The summed E-state index contributed by atoms with van der Waals surface area (Å²) in [4.78, 5) is 2.38. The van der Waals surface area contributed by atoms with Crippen LogP contribution in [0.2, 0.25) is 0 Å². The maximum Gasteiger partial charge on any atom is 0.165 e. The van der Waals surface area contributed by atoms with Crippen LogP contribution < -0.4 is 4.74 Å². The lowest BCUT2D eigenvalue weighted by Crippen LogP contribution is -2.45. The number of nitrogens with zero attached hydrogens (tertiary/aromatic N) is 1. The van der Waals surface area contributed by atoms with E-state index in [2.05, 4.69) is 18.7 Å². The van der Waals surface area contributed by atoms with Gasteiger partial charge >= 0.3 is 0 Å². The highest BCUT2D eigenvalue weighted by molar-refractivity contribution is 5.23. The van der Waals surface area contributed by atoms with E-state index in [0.717, 1.165) is 26.1 Å². The molecule has 1 fully saturated rings. The predicted octanol–water partition coefficient (Wildman–Crippen LogP) is 2.70. The molecular formula is C15H22FNO2. The van der Waals surface area contributed by atoms with Crippen LogP contribution in [0.4, 0.5) is 4.39 Å². The van der Waals surface area contributed by atoms with Gasteiger partial charge in [0.15, 0.2) is 11.6 Å². The number of para-hydroxylation sites is 1. The summed E-state index contributed by atoms with van der Waals surface area (Å²) in [6.45, 7) is 7.62. The second kappa shape index (κ2) is 6.87. The Hall–Kier alpha value is -1.13. The average Bonchev–Trinajstić information content (AvgIpc) is 2.35. The molecule has 1 saturated heterocycles. The van der Waals surface area contributed by atoms with Crippen molar-refractivity contribution in [3.05, 3.63) is 30.1 Å². The van der Waals surface area contributed by atoms with E-state index < -0.39 is 0 Å². The minimum atomic E-state index is -0.295. The van der Waals surface area contributed by atoms with Crippen LogP contribution >= 0.6 is 0 Å². The summed E-state index contributed by atoms with van der Waals surface area (Å²) in [5, 5.41) is 0.